The highest BCUT2D eigenvalue weighted by Gasteiger charge is 2.20. The van der Waals surface area contributed by atoms with Gasteiger partial charge in [-0.15, -0.1) is 0 Å². The Bertz CT molecular complexity index is 442. The second-order valence-corrected chi connectivity index (χ2v) is 5.23. The summed E-state index contributed by atoms with van der Waals surface area (Å²) in [4.78, 5) is 23.6. The van der Waals surface area contributed by atoms with Crippen LogP contribution in [0, 0.1) is 5.92 Å². The molecule has 1 saturated heterocycles. The first-order valence-electron chi connectivity index (χ1n) is 6.60. The number of rotatable bonds is 4. The van der Waals surface area contributed by atoms with Crippen molar-refractivity contribution >= 4 is 11.9 Å². The van der Waals surface area contributed by atoms with Gasteiger partial charge in [-0.05, 0) is 12.0 Å². The molecular weight excluding hydrogens is 244 g/mol. The van der Waals surface area contributed by atoms with E-state index in [0.717, 1.165) is 32.7 Å². The van der Waals surface area contributed by atoms with E-state index in [1.807, 2.05) is 4.90 Å². The zero-order chi connectivity index (χ0) is 13.8. The van der Waals surface area contributed by atoms with E-state index >= 15 is 0 Å². The van der Waals surface area contributed by atoms with Gasteiger partial charge in [-0.25, -0.2) is 14.8 Å². The van der Waals surface area contributed by atoms with Crippen LogP contribution in [0.2, 0.25) is 0 Å². The summed E-state index contributed by atoms with van der Waals surface area (Å²) < 4.78 is 0. The first-order valence-corrected chi connectivity index (χ1v) is 6.60. The molecule has 0 atom stereocenters. The van der Waals surface area contributed by atoms with Crippen molar-refractivity contribution in [2.24, 2.45) is 5.92 Å². The number of hydrogen-bond acceptors (Lipinski definition) is 5. The maximum absolute atomic E-state index is 10.9. The number of carboxylic acid groups (broad SMARTS) is 1. The van der Waals surface area contributed by atoms with Crippen LogP contribution in [0.1, 0.15) is 24.3 Å². The van der Waals surface area contributed by atoms with Crippen molar-refractivity contribution in [1.82, 2.24) is 14.9 Å². The monoisotopic (exact) mass is 264 g/mol. The Morgan fingerprint density at radius 3 is 2.63 bits per heavy atom. The Morgan fingerprint density at radius 1 is 1.37 bits per heavy atom. The van der Waals surface area contributed by atoms with Crippen molar-refractivity contribution in [2.45, 2.75) is 13.8 Å². The van der Waals surface area contributed by atoms with Gasteiger partial charge in [0.25, 0.3) is 0 Å². The van der Waals surface area contributed by atoms with Crippen molar-refractivity contribution in [2.75, 3.05) is 37.6 Å². The lowest BCUT2D eigenvalue weighted by molar-refractivity contribution is 0.0690. The molecule has 0 spiro atoms. The van der Waals surface area contributed by atoms with Gasteiger partial charge in [-0.1, -0.05) is 13.8 Å². The second-order valence-electron chi connectivity index (χ2n) is 5.23. The topological polar surface area (TPSA) is 69.6 Å². The van der Waals surface area contributed by atoms with E-state index in [9.17, 15) is 4.79 Å². The Labute approximate surface area is 113 Å². The van der Waals surface area contributed by atoms with Crippen LogP contribution >= 0.6 is 0 Å². The highest BCUT2D eigenvalue weighted by Crippen LogP contribution is 2.12. The number of nitrogens with zero attached hydrogens (tertiary/aromatic N) is 4. The molecule has 104 valence electrons. The predicted molar refractivity (Wildman–Crippen MR) is 72.5 cm³/mol. The van der Waals surface area contributed by atoms with E-state index in [-0.39, 0.29) is 5.69 Å². The molecule has 1 aliphatic heterocycles. The summed E-state index contributed by atoms with van der Waals surface area (Å²) in [5.41, 5.74) is 0.0506. The normalized spacial score (nSPS) is 16.9. The third-order valence-electron chi connectivity index (χ3n) is 3.14. The molecule has 0 saturated carbocycles. The zero-order valence-electron chi connectivity index (χ0n) is 11.4. The number of aromatic nitrogens is 2. The van der Waals surface area contributed by atoms with E-state index < -0.39 is 5.97 Å². The molecule has 0 aliphatic carbocycles. The molecule has 6 nitrogen and oxygen atoms in total. The Morgan fingerprint density at radius 2 is 2.05 bits per heavy atom. The number of aromatic carboxylic acids is 1. The molecule has 1 N–H and O–H groups in total. The Balaban J connectivity index is 1.97. The summed E-state index contributed by atoms with van der Waals surface area (Å²) in [6.45, 7) is 9.16. The highest BCUT2D eigenvalue weighted by molar-refractivity contribution is 5.85. The van der Waals surface area contributed by atoms with Crippen molar-refractivity contribution in [1.29, 1.82) is 0 Å². The molecule has 1 aromatic rings. The average Bonchev–Trinajstić information content (AvgIpc) is 2.39. The molecule has 0 aromatic carbocycles. The van der Waals surface area contributed by atoms with Gasteiger partial charge in [0.05, 0.1) is 0 Å². The third kappa shape index (κ3) is 3.64. The average molecular weight is 264 g/mol. The summed E-state index contributed by atoms with van der Waals surface area (Å²) in [5, 5.41) is 8.93. The van der Waals surface area contributed by atoms with Crippen molar-refractivity contribution in [3.8, 4) is 0 Å². The quantitative estimate of drug-likeness (QED) is 0.873. The van der Waals surface area contributed by atoms with Gasteiger partial charge in [0.1, 0.15) is 0 Å². The van der Waals surface area contributed by atoms with Gasteiger partial charge in [0, 0.05) is 38.9 Å². The smallest absolute Gasteiger partial charge is 0.354 e. The molecule has 6 heteroatoms. The van der Waals surface area contributed by atoms with Crippen LogP contribution in [0.3, 0.4) is 0 Å². The Hall–Kier alpha value is -1.69. The standard InChI is InChI=1S/C13H20N4O2/c1-10(2)9-16-5-7-17(8-6-16)13-14-4-3-11(15-13)12(18)19/h3-4,10H,5-9H2,1-2H3,(H,18,19). The molecule has 0 amide bonds. The summed E-state index contributed by atoms with van der Waals surface area (Å²) in [6.07, 6.45) is 1.51. The van der Waals surface area contributed by atoms with Crippen LogP contribution < -0.4 is 4.90 Å². The lowest BCUT2D eigenvalue weighted by atomic mass is 10.2. The van der Waals surface area contributed by atoms with Crippen LogP contribution in [0.4, 0.5) is 5.95 Å². The van der Waals surface area contributed by atoms with Gasteiger partial charge in [-0.2, -0.15) is 0 Å². The highest BCUT2D eigenvalue weighted by atomic mass is 16.4. The van der Waals surface area contributed by atoms with E-state index in [0.29, 0.717) is 11.9 Å². The molecule has 0 unspecified atom stereocenters. The molecule has 1 fully saturated rings. The van der Waals surface area contributed by atoms with E-state index in [1.165, 1.54) is 12.3 Å². The minimum atomic E-state index is -1.01. The maximum Gasteiger partial charge on any atom is 0.354 e. The van der Waals surface area contributed by atoms with Gasteiger partial charge in [0.15, 0.2) is 5.69 Å². The molecular formula is C13H20N4O2. The third-order valence-corrected chi connectivity index (χ3v) is 3.14. The second kappa shape index (κ2) is 5.97. The number of piperazine rings is 1. The minimum Gasteiger partial charge on any atom is -0.477 e. The van der Waals surface area contributed by atoms with Crippen molar-refractivity contribution in [3.05, 3.63) is 18.0 Å². The van der Waals surface area contributed by atoms with E-state index in [2.05, 4.69) is 28.7 Å². The van der Waals surface area contributed by atoms with E-state index in [4.69, 9.17) is 5.11 Å². The Kier molecular flexibility index (Phi) is 4.31. The fraction of sp³-hybridized carbons (Fsp3) is 0.615. The lowest BCUT2D eigenvalue weighted by Crippen LogP contribution is -2.48. The fourth-order valence-electron chi connectivity index (χ4n) is 2.27. The predicted octanol–water partition coefficient (Wildman–Crippen LogP) is 0.953. The number of anilines is 1. The largest absolute Gasteiger partial charge is 0.477 e. The van der Waals surface area contributed by atoms with Gasteiger partial charge in [-0.3, -0.25) is 4.90 Å². The van der Waals surface area contributed by atoms with Crippen molar-refractivity contribution in [3.63, 3.8) is 0 Å². The van der Waals surface area contributed by atoms with Crippen LogP contribution in [0.25, 0.3) is 0 Å². The minimum absolute atomic E-state index is 0.0506. The first-order chi connectivity index (χ1) is 9.06. The van der Waals surface area contributed by atoms with Crippen LogP contribution in [-0.4, -0.2) is 58.7 Å². The summed E-state index contributed by atoms with van der Waals surface area (Å²) in [7, 11) is 0. The first kappa shape index (κ1) is 13.7. The number of carbonyl (C=O) groups is 1. The molecule has 1 aliphatic rings. The molecule has 2 heterocycles. The molecule has 1 aromatic heterocycles. The van der Waals surface area contributed by atoms with Crippen LogP contribution in [0.15, 0.2) is 12.3 Å². The fourth-order valence-corrected chi connectivity index (χ4v) is 2.27. The summed E-state index contributed by atoms with van der Waals surface area (Å²) >= 11 is 0. The zero-order valence-corrected chi connectivity index (χ0v) is 11.4. The number of carboxylic acids is 1. The lowest BCUT2D eigenvalue weighted by Gasteiger charge is -2.35. The molecule has 19 heavy (non-hydrogen) atoms. The van der Waals surface area contributed by atoms with Gasteiger partial charge in [0.2, 0.25) is 5.95 Å². The van der Waals surface area contributed by atoms with Crippen LogP contribution in [-0.2, 0) is 0 Å². The number of hydrogen-bond donors (Lipinski definition) is 1. The van der Waals surface area contributed by atoms with E-state index in [1.54, 1.807) is 0 Å². The summed E-state index contributed by atoms with van der Waals surface area (Å²) in [5.74, 6) is 0.171. The molecule has 0 bridgehead atoms. The molecule has 0 radical (unpaired) electrons. The summed E-state index contributed by atoms with van der Waals surface area (Å²) in [6, 6.07) is 1.42. The SMILES string of the molecule is CC(C)CN1CCN(c2nccc(C(=O)O)n2)CC1. The van der Waals surface area contributed by atoms with Gasteiger partial charge >= 0.3 is 5.97 Å². The van der Waals surface area contributed by atoms with Gasteiger partial charge < -0.3 is 10.0 Å². The maximum atomic E-state index is 10.9. The molecule has 2 rings (SSSR count). The van der Waals surface area contributed by atoms with Crippen LogP contribution in [0.5, 0.6) is 0 Å². The van der Waals surface area contributed by atoms with Crippen molar-refractivity contribution < 1.29 is 9.90 Å².